The van der Waals surface area contributed by atoms with Crippen molar-refractivity contribution < 1.29 is 19.1 Å². The molecule has 0 saturated carbocycles. The van der Waals surface area contributed by atoms with Crippen molar-refractivity contribution in [3.63, 3.8) is 0 Å². The number of hydrogen-bond acceptors (Lipinski definition) is 4. The maximum absolute atomic E-state index is 12.2. The molecule has 0 saturated heterocycles. The molecule has 0 unspecified atom stereocenters. The molecule has 0 fully saturated rings. The Labute approximate surface area is 138 Å². The zero-order valence-corrected chi connectivity index (χ0v) is 12.9. The molecule has 1 atom stereocenters. The molecule has 5 nitrogen and oxygen atoms in total. The summed E-state index contributed by atoms with van der Waals surface area (Å²) in [5, 5.41) is 1.31. The number of nitrogens with one attached hydrogen (secondary N) is 1. The molecule has 0 bridgehead atoms. The van der Waals surface area contributed by atoms with E-state index in [9.17, 15) is 9.59 Å². The van der Waals surface area contributed by atoms with Gasteiger partial charge in [-0.1, -0.05) is 30.3 Å². The summed E-state index contributed by atoms with van der Waals surface area (Å²) in [5.74, 6) is 0.145. The Hall–Kier alpha value is -2.53. The van der Waals surface area contributed by atoms with Crippen LogP contribution in [0.3, 0.4) is 0 Å². The van der Waals surface area contributed by atoms with Crippen LogP contribution in [0.15, 0.2) is 48.5 Å². The molecule has 0 aliphatic carbocycles. The first kappa shape index (κ1) is 15.4. The van der Waals surface area contributed by atoms with E-state index in [-0.39, 0.29) is 0 Å². The standard InChI is InChI=1S/C17H14ClNO4/c18-15(16(20)11-4-2-1-3-5-11)17(21)19-12-6-7-13-14(10-12)23-9-8-22-13/h1-7,10,15H,8-9H2,(H,19,21)/t15-/m0/s1. The molecule has 1 heterocycles. The predicted octanol–water partition coefficient (Wildman–Crippen LogP) is 2.89. The molecule has 0 radical (unpaired) electrons. The summed E-state index contributed by atoms with van der Waals surface area (Å²) in [6.45, 7) is 0.947. The number of benzene rings is 2. The molecule has 2 aromatic rings. The van der Waals surface area contributed by atoms with Crippen LogP contribution in [-0.2, 0) is 4.79 Å². The maximum atomic E-state index is 12.2. The van der Waals surface area contributed by atoms with E-state index in [1.165, 1.54) is 0 Å². The quantitative estimate of drug-likeness (QED) is 0.531. The van der Waals surface area contributed by atoms with E-state index in [1.807, 2.05) is 0 Å². The Morgan fingerprint density at radius 2 is 1.70 bits per heavy atom. The van der Waals surface area contributed by atoms with Crippen molar-refractivity contribution in [2.75, 3.05) is 18.5 Å². The largest absolute Gasteiger partial charge is 0.486 e. The van der Waals surface area contributed by atoms with Gasteiger partial charge in [-0.05, 0) is 12.1 Å². The lowest BCUT2D eigenvalue weighted by Gasteiger charge is -2.19. The summed E-state index contributed by atoms with van der Waals surface area (Å²) in [5.41, 5.74) is 0.885. The smallest absolute Gasteiger partial charge is 0.250 e. The monoisotopic (exact) mass is 331 g/mol. The van der Waals surface area contributed by atoms with Crippen LogP contribution in [-0.4, -0.2) is 30.3 Å². The minimum Gasteiger partial charge on any atom is -0.486 e. The van der Waals surface area contributed by atoms with Crippen molar-refractivity contribution in [2.45, 2.75) is 5.38 Å². The molecule has 1 amide bonds. The van der Waals surface area contributed by atoms with Crippen LogP contribution in [0.2, 0.25) is 0 Å². The van der Waals surface area contributed by atoms with Crippen LogP contribution in [0.1, 0.15) is 10.4 Å². The van der Waals surface area contributed by atoms with E-state index in [1.54, 1.807) is 48.5 Å². The first-order valence-corrected chi connectivity index (χ1v) is 7.52. The number of carbonyl (C=O) groups is 2. The molecule has 3 rings (SSSR count). The van der Waals surface area contributed by atoms with Gasteiger partial charge >= 0.3 is 0 Å². The number of halogens is 1. The molecule has 1 aliphatic rings. The Kier molecular flexibility index (Phi) is 4.48. The fourth-order valence-electron chi connectivity index (χ4n) is 2.19. The van der Waals surface area contributed by atoms with Crippen LogP contribution in [0.4, 0.5) is 5.69 Å². The number of anilines is 1. The van der Waals surface area contributed by atoms with Crippen LogP contribution >= 0.6 is 11.6 Å². The van der Waals surface area contributed by atoms with Gasteiger partial charge in [-0.25, -0.2) is 0 Å². The summed E-state index contributed by atoms with van der Waals surface area (Å²) < 4.78 is 10.9. The lowest BCUT2D eigenvalue weighted by Crippen LogP contribution is -2.30. The van der Waals surface area contributed by atoms with Crippen molar-refractivity contribution in [3.05, 3.63) is 54.1 Å². The van der Waals surface area contributed by atoms with Gasteiger partial charge in [0.25, 0.3) is 0 Å². The Morgan fingerprint density at radius 1 is 1.00 bits per heavy atom. The molecular weight excluding hydrogens is 318 g/mol. The minimum absolute atomic E-state index is 0.393. The number of fused-ring (bicyclic) bond motifs is 1. The van der Waals surface area contributed by atoms with E-state index in [0.717, 1.165) is 0 Å². The average Bonchev–Trinajstić information content (AvgIpc) is 2.61. The van der Waals surface area contributed by atoms with Gasteiger partial charge in [-0.3, -0.25) is 9.59 Å². The highest BCUT2D eigenvalue weighted by Crippen LogP contribution is 2.32. The van der Waals surface area contributed by atoms with E-state index in [0.29, 0.717) is 36.0 Å². The number of Topliss-reactive ketones (excluding diaryl/α,β-unsaturated/α-hetero) is 1. The van der Waals surface area contributed by atoms with Crippen LogP contribution in [0.5, 0.6) is 11.5 Å². The van der Waals surface area contributed by atoms with Crippen molar-refractivity contribution in [3.8, 4) is 11.5 Å². The number of ketones is 1. The van der Waals surface area contributed by atoms with E-state index in [2.05, 4.69) is 5.32 Å². The number of ether oxygens (including phenoxy) is 2. The van der Waals surface area contributed by atoms with E-state index < -0.39 is 17.1 Å². The third kappa shape index (κ3) is 3.46. The summed E-state index contributed by atoms with van der Waals surface area (Å²) >= 11 is 5.99. The average molecular weight is 332 g/mol. The number of carbonyl (C=O) groups excluding carboxylic acids is 2. The van der Waals surface area contributed by atoms with Crippen LogP contribution in [0.25, 0.3) is 0 Å². The maximum Gasteiger partial charge on any atom is 0.250 e. The second-order valence-corrected chi connectivity index (χ2v) is 5.38. The zero-order valence-electron chi connectivity index (χ0n) is 12.1. The van der Waals surface area contributed by atoms with Gasteiger partial charge in [0, 0.05) is 17.3 Å². The van der Waals surface area contributed by atoms with E-state index in [4.69, 9.17) is 21.1 Å². The van der Waals surface area contributed by atoms with Crippen molar-refractivity contribution in [1.82, 2.24) is 0 Å². The van der Waals surface area contributed by atoms with Crippen molar-refractivity contribution in [2.24, 2.45) is 0 Å². The Bertz CT molecular complexity index is 733. The highest BCUT2D eigenvalue weighted by Gasteiger charge is 2.25. The lowest BCUT2D eigenvalue weighted by molar-refractivity contribution is -0.115. The third-order valence-electron chi connectivity index (χ3n) is 3.33. The van der Waals surface area contributed by atoms with Gasteiger partial charge in [0.05, 0.1) is 0 Å². The van der Waals surface area contributed by atoms with Gasteiger partial charge in [0.2, 0.25) is 5.91 Å². The molecule has 0 spiro atoms. The second-order valence-electron chi connectivity index (χ2n) is 4.94. The summed E-state index contributed by atoms with van der Waals surface area (Å²) in [7, 11) is 0. The van der Waals surface area contributed by atoms with Gasteiger partial charge in [-0.2, -0.15) is 0 Å². The first-order valence-electron chi connectivity index (χ1n) is 7.09. The molecule has 0 aromatic heterocycles. The fourth-order valence-corrected chi connectivity index (χ4v) is 2.38. The highest BCUT2D eigenvalue weighted by molar-refractivity contribution is 6.45. The topological polar surface area (TPSA) is 64.6 Å². The van der Waals surface area contributed by atoms with Gasteiger partial charge in [0.15, 0.2) is 22.7 Å². The van der Waals surface area contributed by atoms with E-state index >= 15 is 0 Å². The Balaban J connectivity index is 1.70. The fraction of sp³-hybridized carbons (Fsp3) is 0.176. The number of rotatable bonds is 4. The van der Waals surface area contributed by atoms with Crippen LogP contribution in [0, 0.1) is 0 Å². The number of amides is 1. The zero-order chi connectivity index (χ0) is 16.2. The summed E-state index contributed by atoms with van der Waals surface area (Å²) in [4.78, 5) is 24.3. The molecule has 6 heteroatoms. The third-order valence-corrected chi connectivity index (χ3v) is 3.72. The molecule has 1 aliphatic heterocycles. The predicted molar refractivity (Wildman–Crippen MR) is 86.5 cm³/mol. The molecule has 23 heavy (non-hydrogen) atoms. The van der Waals surface area contributed by atoms with Crippen LogP contribution < -0.4 is 14.8 Å². The number of hydrogen-bond donors (Lipinski definition) is 1. The number of alkyl halides is 1. The summed E-state index contributed by atoms with van der Waals surface area (Å²) in [6.07, 6.45) is 0. The van der Waals surface area contributed by atoms with Gasteiger partial charge in [-0.15, -0.1) is 11.6 Å². The SMILES string of the molecule is O=C(Nc1ccc2c(c1)OCCO2)[C@@H](Cl)C(=O)c1ccccc1. The molecule has 1 N–H and O–H groups in total. The highest BCUT2D eigenvalue weighted by atomic mass is 35.5. The van der Waals surface area contributed by atoms with Gasteiger partial charge < -0.3 is 14.8 Å². The lowest BCUT2D eigenvalue weighted by atomic mass is 10.1. The summed E-state index contributed by atoms with van der Waals surface area (Å²) in [6, 6.07) is 13.5. The molecular formula is C17H14ClNO4. The molecule has 2 aromatic carbocycles. The normalized spacial score (nSPS) is 14.0. The van der Waals surface area contributed by atoms with Gasteiger partial charge in [0.1, 0.15) is 13.2 Å². The van der Waals surface area contributed by atoms with Crippen molar-refractivity contribution >= 4 is 29.0 Å². The first-order chi connectivity index (χ1) is 11.1. The molecule has 118 valence electrons. The second kappa shape index (κ2) is 6.71. The Morgan fingerprint density at radius 3 is 2.43 bits per heavy atom. The van der Waals surface area contributed by atoms with Crippen molar-refractivity contribution in [1.29, 1.82) is 0 Å². The minimum atomic E-state index is -1.30.